The molecule has 0 atom stereocenters. The third kappa shape index (κ3) is 2.69. The van der Waals surface area contributed by atoms with Gasteiger partial charge < -0.3 is 14.6 Å². The van der Waals surface area contributed by atoms with Crippen molar-refractivity contribution in [1.29, 1.82) is 0 Å². The fourth-order valence-corrected chi connectivity index (χ4v) is 3.11. The summed E-state index contributed by atoms with van der Waals surface area (Å²) in [5, 5.41) is 3.64. The van der Waals surface area contributed by atoms with Crippen LogP contribution in [0.3, 0.4) is 0 Å². The molecule has 1 saturated heterocycles. The van der Waals surface area contributed by atoms with E-state index in [0.717, 1.165) is 32.0 Å². The smallest absolute Gasteiger partial charge is 0.203 e. The average Bonchev–Trinajstić information content (AvgIpc) is 2.89. The van der Waals surface area contributed by atoms with Crippen LogP contribution in [-0.2, 0) is 4.74 Å². The Labute approximate surface area is 109 Å². The summed E-state index contributed by atoms with van der Waals surface area (Å²) in [6, 6.07) is 1.19. The Morgan fingerprint density at radius 3 is 2.67 bits per heavy atom. The molecule has 100 valence electrons. The molecule has 1 N–H and O–H groups in total. The van der Waals surface area contributed by atoms with E-state index in [1.807, 2.05) is 6.20 Å². The Balaban J connectivity index is 1.66. The van der Waals surface area contributed by atoms with Crippen LogP contribution in [0, 0.1) is 0 Å². The van der Waals surface area contributed by atoms with Crippen molar-refractivity contribution in [2.45, 2.75) is 57.0 Å². The highest BCUT2D eigenvalue weighted by Gasteiger charge is 2.20. The molecule has 1 aromatic rings. The first kappa shape index (κ1) is 12.0. The van der Waals surface area contributed by atoms with Crippen LogP contribution in [0.5, 0.6) is 0 Å². The van der Waals surface area contributed by atoms with Crippen molar-refractivity contribution < 1.29 is 4.74 Å². The van der Waals surface area contributed by atoms with Crippen molar-refractivity contribution in [1.82, 2.24) is 9.55 Å². The molecular formula is C14H23N3O. The second-order valence-electron chi connectivity index (χ2n) is 5.48. The minimum Gasteiger partial charge on any atom is -0.381 e. The molecule has 1 saturated carbocycles. The Hall–Kier alpha value is -1.03. The molecular weight excluding hydrogens is 226 g/mol. The molecule has 2 heterocycles. The topological polar surface area (TPSA) is 39.1 Å². The van der Waals surface area contributed by atoms with E-state index >= 15 is 0 Å². The molecule has 4 nitrogen and oxygen atoms in total. The van der Waals surface area contributed by atoms with Gasteiger partial charge >= 0.3 is 0 Å². The predicted octanol–water partition coefficient (Wildman–Crippen LogP) is 2.98. The lowest BCUT2D eigenvalue weighted by atomic mass is 9.96. The van der Waals surface area contributed by atoms with Crippen LogP contribution >= 0.6 is 0 Å². The Bertz CT molecular complexity index is 365. The van der Waals surface area contributed by atoms with Crippen molar-refractivity contribution in [3.05, 3.63) is 12.4 Å². The maximum absolute atomic E-state index is 5.43. The Morgan fingerprint density at radius 2 is 1.89 bits per heavy atom. The van der Waals surface area contributed by atoms with Gasteiger partial charge in [-0.1, -0.05) is 19.3 Å². The Kier molecular flexibility index (Phi) is 3.84. The van der Waals surface area contributed by atoms with Gasteiger partial charge in [0.05, 0.1) is 0 Å². The van der Waals surface area contributed by atoms with Crippen LogP contribution in [0.4, 0.5) is 5.95 Å². The summed E-state index contributed by atoms with van der Waals surface area (Å²) < 4.78 is 7.75. The SMILES string of the molecule is c1cn(C2CCOCC2)c(NC2CCCCC2)n1. The number of hydrogen-bond acceptors (Lipinski definition) is 3. The van der Waals surface area contributed by atoms with E-state index in [1.165, 1.54) is 32.1 Å². The molecule has 2 aliphatic rings. The van der Waals surface area contributed by atoms with Crippen LogP contribution < -0.4 is 5.32 Å². The highest BCUT2D eigenvalue weighted by Crippen LogP contribution is 2.26. The third-order valence-corrected chi connectivity index (χ3v) is 4.19. The molecule has 3 rings (SSSR count). The van der Waals surface area contributed by atoms with Gasteiger partial charge in [0, 0.05) is 37.7 Å². The van der Waals surface area contributed by atoms with Gasteiger partial charge in [-0.2, -0.15) is 0 Å². The number of nitrogens with zero attached hydrogens (tertiary/aromatic N) is 2. The van der Waals surface area contributed by atoms with Crippen molar-refractivity contribution in [2.24, 2.45) is 0 Å². The van der Waals surface area contributed by atoms with E-state index in [1.54, 1.807) is 0 Å². The molecule has 0 bridgehead atoms. The van der Waals surface area contributed by atoms with E-state index in [4.69, 9.17) is 4.74 Å². The second-order valence-corrected chi connectivity index (χ2v) is 5.48. The van der Waals surface area contributed by atoms with Gasteiger partial charge in [-0.25, -0.2) is 4.98 Å². The van der Waals surface area contributed by atoms with Crippen LogP contribution in [-0.4, -0.2) is 28.8 Å². The van der Waals surface area contributed by atoms with Gasteiger partial charge in [-0.3, -0.25) is 0 Å². The van der Waals surface area contributed by atoms with Crippen molar-refractivity contribution in [3.8, 4) is 0 Å². The monoisotopic (exact) mass is 249 g/mol. The zero-order valence-electron chi connectivity index (χ0n) is 11.0. The summed E-state index contributed by atoms with van der Waals surface area (Å²) in [5.41, 5.74) is 0. The van der Waals surface area contributed by atoms with Crippen LogP contribution in [0.15, 0.2) is 12.4 Å². The summed E-state index contributed by atoms with van der Waals surface area (Å²) in [6.07, 6.45) is 12.9. The second kappa shape index (κ2) is 5.74. The standard InChI is InChI=1S/C14H23N3O/c1-2-4-12(5-3-1)16-14-15-8-9-17(14)13-6-10-18-11-7-13/h8-9,12-13H,1-7,10-11H2,(H,15,16). The van der Waals surface area contributed by atoms with Crippen molar-refractivity contribution in [2.75, 3.05) is 18.5 Å². The number of anilines is 1. The molecule has 0 unspecified atom stereocenters. The maximum atomic E-state index is 5.43. The molecule has 2 fully saturated rings. The van der Waals surface area contributed by atoms with Crippen LogP contribution in [0.25, 0.3) is 0 Å². The van der Waals surface area contributed by atoms with E-state index in [2.05, 4.69) is 21.1 Å². The van der Waals surface area contributed by atoms with Gasteiger partial charge in [0.15, 0.2) is 0 Å². The number of nitrogens with one attached hydrogen (secondary N) is 1. The van der Waals surface area contributed by atoms with E-state index in [0.29, 0.717) is 12.1 Å². The zero-order valence-corrected chi connectivity index (χ0v) is 11.0. The number of aromatic nitrogens is 2. The first-order valence-corrected chi connectivity index (χ1v) is 7.30. The number of rotatable bonds is 3. The quantitative estimate of drug-likeness (QED) is 0.895. The molecule has 0 spiro atoms. The molecule has 0 aromatic carbocycles. The lowest BCUT2D eigenvalue weighted by molar-refractivity contribution is 0.0700. The molecule has 1 aliphatic carbocycles. The zero-order chi connectivity index (χ0) is 12.2. The van der Waals surface area contributed by atoms with Crippen molar-refractivity contribution >= 4 is 5.95 Å². The van der Waals surface area contributed by atoms with Gasteiger partial charge in [0.1, 0.15) is 0 Å². The number of ether oxygens (including phenoxy) is 1. The van der Waals surface area contributed by atoms with E-state index in [-0.39, 0.29) is 0 Å². The lowest BCUT2D eigenvalue weighted by Crippen LogP contribution is -2.26. The number of imidazole rings is 1. The summed E-state index contributed by atoms with van der Waals surface area (Å²) >= 11 is 0. The molecule has 18 heavy (non-hydrogen) atoms. The third-order valence-electron chi connectivity index (χ3n) is 4.19. The van der Waals surface area contributed by atoms with Crippen LogP contribution in [0.2, 0.25) is 0 Å². The summed E-state index contributed by atoms with van der Waals surface area (Å²) in [6.45, 7) is 1.76. The molecule has 0 radical (unpaired) electrons. The lowest BCUT2D eigenvalue weighted by Gasteiger charge is -2.28. The van der Waals surface area contributed by atoms with Gasteiger partial charge in [-0.15, -0.1) is 0 Å². The van der Waals surface area contributed by atoms with E-state index in [9.17, 15) is 0 Å². The number of hydrogen-bond donors (Lipinski definition) is 1. The summed E-state index contributed by atoms with van der Waals surface area (Å²) in [5.74, 6) is 1.06. The first-order valence-electron chi connectivity index (χ1n) is 7.30. The van der Waals surface area contributed by atoms with Crippen molar-refractivity contribution in [3.63, 3.8) is 0 Å². The largest absolute Gasteiger partial charge is 0.381 e. The maximum Gasteiger partial charge on any atom is 0.203 e. The Morgan fingerprint density at radius 1 is 1.11 bits per heavy atom. The normalized spacial score (nSPS) is 23.1. The summed E-state index contributed by atoms with van der Waals surface area (Å²) in [7, 11) is 0. The highest BCUT2D eigenvalue weighted by molar-refractivity contribution is 5.28. The minimum atomic E-state index is 0.562. The van der Waals surface area contributed by atoms with E-state index < -0.39 is 0 Å². The van der Waals surface area contributed by atoms with Crippen LogP contribution in [0.1, 0.15) is 51.0 Å². The summed E-state index contributed by atoms with van der Waals surface area (Å²) in [4.78, 5) is 4.50. The van der Waals surface area contributed by atoms with Gasteiger partial charge in [0.25, 0.3) is 0 Å². The highest BCUT2D eigenvalue weighted by atomic mass is 16.5. The molecule has 1 aliphatic heterocycles. The van der Waals surface area contributed by atoms with Gasteiger partial charge in [0.2, 0.25) is 5.95 Å². The molecule has 1 aromatic heterocycles. The minimum absolute atomic E-state index is 0.562. The fraction of sp³-hybridized carbons (Fsp3) is 0.786. The average molecular weight is 249 g/mol. The fourth-order valence-electron chi connectivity index (χ4n) is 3.11. The molecule has 0 amide bonds. The predicted molar refractivity (Wildman–Crippen MR) is 71.8 cm³/mol. The molecule has 4 heteroatoms. The first-order chi connectivity index (χ1) is 8.93. The van der Waals surface area contributed by atoms with Gasteiger partial charge in [-0.05, 0) is 25.7 Å².